The van der Waals surface area contributed by atoms with Crippen LogP contribution in [-0.2, 0) is 0 Å². The Morgan fingerprint density at radius 1 is 1.44 bits per heavy atom. The summed E-state index contributed by atoms with van der Waals surface area (Å²) < 4.78 is 1.05. The number of hydrogen-bond donors (Lipinski definition) is 1. The third-order valence-corrected chi connectivity index (χ3v) is 2.45. The van der Waals surface area contributed by atoms with Crippen LogP contribution in [-0.4, -0.2) is 37.8 Å². The Balaban J connectivity index is 2.60. The monoisotopic (exact) mass is 129 g/mol. The van der Waals surface area contributed by atoms with Crippen LogP contribution in [0.5, 0.6) is 0 Å². The number of hydrogen-bond acceptors (Lipinski definition) is 1. The summed E-state index contributed by atoms with van der Waals surface area (Å²) in [7, 11) is 6.72. The summed E-state index contributed by atoms with van der Waals surface area (Å²) in [5, 5.41) is 3.41. The summed E-state index contributed by atoms with van der Waals surface area (Å²) in [6.07, 6.45) is 1.23. The molecule has 0 saturated carbocycles. The minimum absolute atomic E-state index is 0.417. The van der Waals surface area contributed by atoms with Crippen LogP contribution in [0.2, 0.25) is 0 Å². The molecule has 1 saturated heterocycles. The summed E-state index contributed by atoms with van der Waals surface area (Å²) >= 11 is 0. The van der Waals surface area contributed by atoms with Gasteiger partial charge in [-0.05, 0) is 0 Å². The highest BCUT2D eigenvalue weighted by Crippen LogP contribution is 2.28. The third kappa shape index (κ3) is 0.970. The maximum absolute atomic E-state index is 3.41. The van der Waals surface area contributed by atoms with E-state index in [1.54, 1.807) is 0 Å². The first-order valence-electron chi connectivity index (χ1n) is 3.58. The molecular formula is C7H17N2+. The zero-order valence-corrected chi connectivity index (χ0v) is 6.86. The van der Waals surface area contributed by atoms with Gasteiger partial charge < -0.3 is 4.48 Å². The number of likely N-dealkylation sites (N-methyl/N-ethyl adjacent to an activating group) is 1. The Morgan fingerprint density at radius 3 is 1.89 bits per heavy atom. The molecule has 1 atom stereocenters. The SMILES string of the molecule is CCC1([N+](C)(C)C)CN1. The van der Waals surface area contributed by atoms with Crippen molar-refractivity contribution in [2.24, 2.45) is 0 Å². The second kappa shape index (κ2) is 1.70. The molecule has 9 heavy (non-hydrogen) atoms. The van der Waals surface area contributed by atoms with Gasteiger partial charge >= 0.3 is 0 Å². The zero-order valence-electron chi connectivity index (χ0n) is 6.86. The van der Waals surface area contributed by atoms with Crippen molar-refractivity contribution in [3.05, 3.63) is 0 Å². The van der Waals surface area contributed by atoms with E-state index in [0.717, 1.165) is 4.48 Å². The van der Waals surface area contributed by atoms with Gasteiger partial charge in [0.05, 0.1) is 27.7 Å². The molecule has 0 bridgehead atoms. The average Bonchev–Trinajstić information content (AvgIpc) is 2.40. The summed E-state index contributed by atoms with van der Waals surface area (Å²) in [5.41, 5.74) is 0.417. The van der Waals surface area contributed by atoms with Gasteiger partial charge in [-0.15, -0.1) is 0 Å². The van der Waals surface area contributed by atoms with Crippen molar-refractivity contribution >= 4 is 0 Å². The Kier molecular flexibility index (Phi) is 1.33. The Labute approximate surface area is 57.4 Å². The van der Waals surface area contributed by atoms with Gasteiger partial charge in [0.25, 0.3) is 0 Å². The third-order valence-electron chi connectivity index (χ3n) is 2.45. The lowest BCUT2D eigenvalue weighted by molar-refractivity contribution is -0.908. The highest BCUT2D eigenvalue weighted by atomic mass is 15.5. The van der Waals surface area contributed by atoms with E-state index in [9.17, 15) is 0 Å². The van der Waals surface area contributed by atoms with Crippen LogP contribution in [0.3, 0.4) is 0 Å². The fourth-order valence-corrected chi connectivity index (χ4v) is 1.30. The lowest BCUT2D eigenvalue weighted by atomic mass is 10.2. The van der Waals surface area contributed by atoms with Crippen LogP contribution in [0.4, 0.5) is 0 Å². The molecule has 0 aromatic rings. The smallest absolute Gasteiger partial charge is 0.165 e. The minimum Gasteiger partial charge on any atom is -0.313 e. The van der Waals surface area contributed by atoms with E-state index in [0.29, 0.717) is 5.66 Å². The van der Waals surface area contributed by atoms with Crippen molar-refractivity contribution in [3.63, 3.8) is 0 Å². The van der Waals surface area contributed by atoms with E-state index in [4.69, 9.17) is 0 Å². The second-order valence-corrected chi connectivity index (χ2v) is 3.75. The van der Waals surface area contributed by atoms with E-state index in [2.05, 4.69) is 33.4 Å². The maximum Gasteiger partial charge on any atom is 0.165 e. The molecule has 1 aliphatic heterocycles. The first kappa shape index (κ1) is 7.03. The highest BCUT2D eigenvalue weighted by molar-refractivity contribution is 4.93. The molecule has 0 amide bonds. The van der Waals surface area contributed by atoms with E-state index < -0.39 is 0 Å². The molecular weight excluding hydrogens is 112 g/mol. The largest absolute Gasteiger partial charge is 0.313 e. The van der Waals surface area contributed by atoms with Crippen LogP contribution in [0.1, 0.15) is 13.3 Å². The molecule has 0 aromatic carbocycles. The number of rotatable bonds is 2. The quantitative estimate of drug-likeness (QED) is 0.423. The van der Waals surface area contributed by atoms with Crippen molar-refractivity contribution < 1.29 is 4.48 Å². The number of quaternary nitrogens is 1. The van der Waals surface area contributed by atoms with Crippen molar-refractivity contribution in [1.29, 1.82) is 0 Å². The number of nitrogens with zero attached hydrogens (tertiary/aromatic N) is 1. The second-order valence-electron chi connectivity index (χ2n) is 3.75. The van der Waals surface area contributed by atoms with E-state index >= 15 is 0 Å². The Bertz CT molecular complexity index is 109. The normalized spacial score (nSPS) is 34.7. The molecule has 1 rings (SSSR count). The standard InChI is InChI=1S/C7H17N2/c1-5-7(6-8-7)9(2,3)4/h8H,5-6H2,1-4H3/q+1. The molecule has 1 fully saturated rings. The van der Waals surface area contributed by atoms with Gasteiger partial charge in [-0.25, -0.2) is 0 Å². The summed E-state index contributed by atoms with van der Waals surface area (Å²) in [6.45, 7) is 3.43. The van der Waals surface area contributed by atoms with Crippen molar-refractivity contribution in [2.45, 2.75) is 19.0 Å². The van der Waals surface area contributed by atoms with Gasteiger partial charge in [-0.1, -0.05) is 6.92 Å². The molecule has 0 radical (unpaired) electrons. The van der Waals surface area contributed by atoms with Crippen LogP contribution < -0.4 is 5.32 Å². The summed E-state index contributed by atoms with van der Waals surface area (Å²) in [5.74, 6) is 0. The molecule has 2 nitrogen and oxygen atoms in total. The van der Waals surface area contributed by atoms with E-state index in [1.807, 2.05) is 0 Å². The molecule has 1 heterocycles. The fraction of sp³-hybridized carbons (Fsp3) is 1.00. The predicted molar refractivity (Wildman–Crippen MR) is 39.1 cm³/mol. The molecule has 0 spiro atoms. The van der Waals surface area contributed by atoms with Gasteiger partial charge in [0.2, 0.25) is 0 Å². The zero-order chi connectivity index (χ0) is 7.12. The molecule has 0 aliphatic carbocycles. The molecule has 2 heteroatoms. The van der Waals surface area contributed by atoms with Crippen molar-refractivity contribution in [2.75, 3.05) is 27.7 Å². The van der Waals surface area contributed by atoms with Crippen LogP contribution in [0, 0.1) is 0 Å². The molecule has 1 unspecified atom stereocenters. The average molecular weight is 129 g/mol. The maximum atomic E-state index is 3.41. The summed E-state index contributed by atoms with van der Waals surface area (Å²) in [6, 6.07) is 0. The predicted octanol–water partition coefficient (Wildman–Crippen LogP) is 0.402. The van der Waals surface area contributed by atoms with E-state index in [1.165, 1.54) is 13.0 Å². The van der Waals surface area contributed by atoms with Gasteiger partial charge in [0, 0.05) is 6.42 Å². The highest BCUT2D eigenvalue weighted by Gasteiger charge is 2.52. The van der Waals surface area contributed by atoms with E-state index in [-0.39, 0.29) is 0 Å². The van der Waals surface area contributed by atoms with Crippen molar-refractivity contribution in [1.82, 2.24) is 5.32 Å². The molecule has 1 N–H and O–H groups in total. The van der Waals surface area contributed by atoms with Crippen LogP contribution in [0.15, 0.2) is 0 Å². The van der Waals surface area contributed by atoms with Crippen LogP contribution in [0.25, 0.3) is 0 Å². The summed E-state index contributed by atoms with van der Waals surface area (Å²) in [4.78, 5) is 0. The molecule has 1 aliphatic rings. The molecule has 54 valence electrons. The van der Waals surface area contributed by atoms with Crippen LogP contribution >= 0.6 is 0 Å². The van der Waals surface area contributed by atoms with Gasteiger partial charge in [-0.3, -0.25) is 5.32 Å². The first-order chi connectivity index (χ1) is 4.02. The topological polar surface area (TPSA) is 21.9 Å². The molecule has 0 aromatic heterocycles. The lowest BCUT2D eigenvalue weighted by Crippen LogP contribution is -2.50. The van der Waals surface area contributed by atoms with Crippen molar-refractivity contribution in [3.8, 4) is 0 Å². The minimum atomic E-state index is 0.417. The van der Waals surface area contributed by atoms with Gasteiger partial charge in [-0.2, -0.15) is 0 Å². The lowest BCUT2D eigenvalue weighted by Gasteiger charge is -2.32. The van der Waals surface area contributed by atoms with Gasteiger partial charge in [0.15, 0.2) is 5.66 Å². The van der Waals surface area contributed by atoms with Gasteiger partial charge in [0.1, 0.15) is 0 Å². The number of nitrogens with one attached hydrogen (secondary N) is 1. The first-order valence-corrected chi connectivity index (χ1v) is 3.58. The Hall–Kier alpha value is -0.0800. The Morgan fingerprint density at radius 2 is 1.89 bits per heavy atom. The fourth-order valence-electron chi connectivity index (χ4n) is 1.30.